The maximum absolute atomic E-state index is 13.1. The summed E-state index contributed by atoms with van der Waals surface area (Å²) < 4.78 is 45.0. The molecule has 0 aliphatic rings. The molecule has 0 saturated heterocycles. The van der Waals surface area contributed by atoms with Crippen molar-refractivity contribution >= 4 is 16.9 Å². The molecular formula is C19H19F3O2S. The summed E-state index contributed by atoms with van der Waals surface area (Å²) in [5, 5.41) is -0.382. The average molecular weight is 368 g/mol. The molecule has 0 amide bonds. The minimum atomic E-state index is -4.50. The number of carbonyl (C=O) groups excluding carboxylic acids is 1. The van der Waals surface area contributed by atoms with E-state index in [0.29, 0.717) is 5.56 Å². The summed E-state index contributed by atoms with van der Waals surface area (Å²) in [6.07, 6.45) is -4.50. The Morgan fingerprint density at radius 3 is 2.04 bits per heavy atom. The summed E-state index contributed by atoms with van der Waals surface area (Å²) in [6, 6.07) is 13.3. The van der Waals surface area contributed by atoms with E-state index in [1.807, 2.05) is 13.8 Å². The Morgan fingerprint density at radius 2 is 1.52 bits per heavy atom. The van der Waals surface area contributed by atoms with Crippen LogP contribution >= 0.6 is 11.8 Å². The van der Waals surface area contributed by atoms with Gasteiger partial charge in [-0.25, -0.2) is 0 Å². The first-order valence-corrected chi connectivity index (χ1v) is 8.59. The van der Waals surface area contributed by atoms with Crippen LogP contribution in [0.25, 0.3) is 0 Å². The van der Waals surface area contributed by atoms with Gasteiger partial charge in [0.05, 0.1) is 5.56 Å². The van der Waals surface area contributed by atoms with Crippen molar-refractivity contribution in [2.75, 3.05) is 7.11 Å². The molecule has 1 unspecified atom stereocenters. The van der Waals surface area contributed by atoms with Crippen molar-refractivity contribution in [1.82, 2.24) is 0 Å². The quantitative estimate of drug-likeness (QED) is 0.720. The standard InChI is InChI=1S/C19H19F3O2S/c1-13(2)25-17(23)18(24-3,14-8-5-4-6-9-14)15-10-7-11-16(12-15)19(20,21)22/h4-13H,1-3H3. The normalized spacial score (nSPS) is 14.4. The molecule has 0 heterocycles. The Hall–Kier alpha value is -1.79. The van der Waals surface area contributed by atoms with Gasteiger partial charge in [0, 0.05) is 12.4 Å². The molecule has 2 rings (SSSR count). The van der Waals surface area contributed by atoms with Gasteiger partial charge in [0.1, 0.15) is 0 Å². The number of hydrogen-bond acceptors (Lipinski definition) is 3. The smallest absolute Gasteiger partial charge is 0.360 e. The highest BCUT2D eigenvalue weighted by Crippen LogP contribution is 2.40. The summed E-state index contributed by atoms with van der Waals surface area (Å²) >= 11 is 1.04. The Balaban J connectivity index is 2.69. The second-order valence-corrected chi connectivity index (χ2v) is 7.33. The van der Waals surface area contributed by atoms with Gasteiger partial charge >= 0.3 is 6.18 Å². The fraction of sp³-hybridized carbons (Fsp3) is 0.316. The maximum Gasteiger partial charge on any atom is 0.416 e. The van der Waals surface area contributed by atoms with Crippen LogP contribution in [0.5, 0.6) is 0 Å². The summed E-state index contributed by atoms with van der Waals surface area (Å²) in [4.78, 5) is 13.0. The first kappa shape index (κ1) is 19.5. The summed E-state index contributed by atoms with van der Waals surface area (Å²) in [5.41, 5.74) is -1.76. The van der Waals surface area contributed by atoms with Crippen LogP contribution < -0.4 is 0 Å². The highest BCUT2D eigenvalue weighted by Gasteiger charge is 2.44. The van der Waals surface area contributed by atoms with Crippen molar-refractivity contribution in [3.8, 4) is 0 Å². The van der Waals surface area contributed by atoms with Crippen LogP contribution in [-0.2, 0) is 21.3 Å². The SMILES string of the molecule is COC(C(=O)SC(C)C)(c1ccccc1)c1cccc(C(F)(F)F)c1. The number of benzene rings is 2. The van der Waals surface area contributed by atoms with Gasteiger partial charge in [0.2, 0.25) is 5.12 Å². The molecule has 0 N–H and O–H groups in total. The third-order valence-electron chi connectivity index (χ3n) is 3.71. The van der Waals surface area contributed by atoms with Gasteiger partial charge in [-0.2, -0.15) is 13.2 Å². The van der Waals surface area contributed by atoms with Gasteiger partial charge in [-0.3, -0.25) is 4.79 Å². The van der Waals surface area contributed by atoms with Crippen molar-refractivity contribution < 1.29 is 22.7 Å². The van der Waals surface area contributed by atoms with Gasteiger partial charge in [0.25, 0.3) is 0 Å². The molecule has 25 heavy (non-hydrogen) atoms. The lowest BCUT2D eigenvalue weighted by Gasteiger charge is -2.32. The summed E-state index contributed by atoms with van der Waals surface area (Å²) in [7, 11) is 1.34. The van der Waals surface area contributed by atoms with Crippen molar-refractivity contribution in [3.05, 3.63) is 71.3 Å². The lowest BCUT2D eigenvalue weighted by Crippen LogP contribution is -2.38. The van der Waals surface area contributed by atoms with Crippen LogP contribution in [0.1, 0.15) is 30.5 Å². The molecule has 134 valence electrons. The maximum atomic E-state index is 13.1. The van der Waals surface area contributed by atoms with Crippen molar-refractivity contribution in [3.63, 3.8) is 0 Å². The fourth-order valence-electron chi connectivity index (χ4n) is 2.61. The number of alkyl halides is 3. The van der Waals surface area contributed by atoms with E-state index < -0.39 is 17.3 Å². The van der Waals surface area contributed by atoms with Crippen molar-refractivity contribution in [2.45, 2.75) is 30.9 Å². The number of carbonyl (C=O) groups is 1. The lowest BCUT2D eigenvalue weighted by molar-refractivity contribution is -0.138. The van der Waals surface area contributed by atoms with Crippen LogP contribution in [0.4, 0.5) is 13.2 Å². The van der Waals surface area contributed by atoms with Crippen LogP contribution in [0.3, 0.4) is 0 Å². The van der Waals surface area contributed by atoms with E-state index in [1.165, 1.54) is 19.2 Å². The predicted molar refractivity (Wildman–Crippen MR) is 93.4 cm³/mol. The third-order valence-corrected chi connectivity index (χ3v) is 4.69. The molecule has 0 saturated carbocycles. The van der Waals surface area contributed by atoms with Gasteiger partial charge < -0.3 is 4.74 Å². The van der Waals surface area contributed by atoms with Crippen LogP contribution in [-0.4, -0.2) is 17.5 Å². The summed E-state index contributed by atoms with van der Waals surface area (Å²) in [5.74, 6) is 0. The topological polar surface area (TPSA) is 26.3 Å². The van der Waals surface area contributed by atoms with Crippen LogP contribution in [0.2, 0.25) is 0 Å². The molecular weight excluding hydrogens is 349 g/mol. The zero-order chi connectivity index (χ0) is 18.7. The number of halogens is 3. The van der Waals surface area contributed by atoms with E-state index in [0.717, 1.165) is 23.9 Å². The van der Waals surface area contributed by atoms with Crippen molar-refractivity contribution in [1.29, 1.82) is 0 Å². The highest BCUT2D eigenvalue weighted by molar-refractivity contribution is 8.14. The molecule has 2 aromatic rings. The number of rotatable bonds is 5. The second kappa shape index (κ2) is 7.62. The first-order chi connectivity index (χ1) is 11.7. The van der Waals surface area contributed by atoms with Crippen molar-refractivity contribution in [2.24, 2.45) is 0 Å². The Kier molecular flexibility index (Phi) is 5.95. The van der Waals surface area contributed by atoms with Gasteiger partial charge in [-0.1, -0.05) is 68.1 Å². The van der Waals surface area contributed by atoms with E-state index in [1.54, 1.807) is 30.3 Å². The molecule has 6 heteroatoms. The molecule has 0 radical (unpaired) electrons. The second-order valence-electron chi connectivity index (χ2n) is 5.78. The monoisotopic (exact) mass is 368 g/mol. The van der Waals surface area contributed by atoms with Gasteiger partial charge in [-0.15, -0.1) is 0 Å². The number of ether oxygens (including phenoxy) is 1. The van der Waals surface area contributed by atoms with Crippen LogP contribution in [0, 0.1) is 0 Å². The molecule has 0 bridgehead atoms. The number of methoxy groups -OCH3 is 1. The molecule has 0 aliphatic carbocycles. The molecule has 0 aliphatic heterocycles. The molecule has 0 aromatic heterocycles. The first-order valence-electron chi connectivity index (χ1n) is 7.71. The van der Waals surface area contributed by atoms with E-state index in [4.69, 9.17) is 4.74 Å². The molecule has 0 spiro atoms. The Bertz CT molecular complexity index is 729. The lowest BCUT2D eigenvalue weighted by atomic mass is 9.86. The Labute approximate surface area is 149 Å². The highest BCUT2D eigenvalue weighted by atomic mass is 32.2. The minimum absolute atomic E-state index is 0.0310. The van der Waals surface area contributed by atoms with E-state index in [-0.39, 0.29) is 15.9 Å². The van der Waals surface area contributed by atoms with Gasteiger partial charge in [-0.05, 0) is 23.3 Å². The molecule has 2 nitrogen and oxygen atoms in total. The molecule has 0 fully saturated rings. The summed E-state index contributed by atoms with van der Waals surface area (Å²) in [6.45, 7) is 3.69. The van der Waals surface area contributed by atoms with E-state index in [9.17, 15) is 18.0 Å². The Morgan fingerprint density at radius 1 is 0.960 bits per heavy atom. The minimum Gasteiger partial charge on any atom is -0.360 e. The zero-order valence-electron chi connectivity index (χ0n) is 14.1. The predicted octanol–water partition coefficient (Wildman–Crippen LogP) is 5.26. The average Bonchev–Trinajstić information content (AvgIpc) is 2.56. The van der Waals surface area contributed by atoms with Gasteiger partial charge in [0.15, 0.2) is 5.60 Å². The molecule has 1 atom stereocenters. The number of hydrogen-bond donors (Lipinski definition) is 0. The third kappa shape index (κ3) is 4.07. The zero-order valence-corrected chi connectivity index (χ0v) is 14.9. The fourth-order valence-corrected chi connectivity index (χ4v) is 3.52. The van der Waals surface area contributed by atoms with E-state index in [2.05, 4.69) is 0 Å². The number of thioether (sulfide) groups is 1. The largest absolute Gasteiger partial charge is 0.416 e. The van der Waals surface area contributed by atoms with Crippen LogP contribution in [0.15, 0.2) is 54.6 Å². The molecule has 2 aromatic carbocycles. The van der Waals surface area contributed by atoms with E-state index >= 15 is 0 Å².